The Hall–Kier alpha value is -1.39. The number of hydrogen-bond donors (Lipinski definition) is 0. The second-order valence-electron chi connectivity index (χ2n) is 3.52. The molecule has 2 rings (SSSR count). The SMILES string of the molecule is CC(=O)Cc1nc(-c2ccc(Cl)c(Cl)c2)no1. The average Bonchev–Trinajstić information content (AvgIpc) is 2.69. The Morgan fingerprint density at radius 2 is 2.12 bits per heavy atom. The van der Waals surface area contributed by atoms with Crippen molar-refractivity contribution in [2.45, 2.75) is 13.3 Å². The van der Waals surface area contributed by atoms with Gasteiger partial charge in [0.1, 0.15) is 5.78 Å². The molecular weight excluding hydrogens is 263 g/mol. The number of Topliss-reactive ketones (excluding diaryl/α,β-unsaturated/α-hetero) is 1. The van der Waals surface area contributed by atoms with Gasteiger partial charge in [0.2, 0.25) is 11.7 Å². The van der Waals surface area contributed by atoms with E-state index in [1.54, 1.807) is 18.2 Å². The van der Waals surface area contributed by atoms with Crippen molar-refractivity contribution in [1.82, 2.24) is 10.1 Å². The zero-order valence-electron chi connectivity index (χ0n) is 8.91. The molecule has 0 saturated carbocycles. The summed E-state index contributed by atoms with van der Waals surface area (Å²) in [6.45, 7) is 1.46. The summed E-state index contributed by atoms with van der Waals surface area (Å²) < 4.78 is 4.94. The Labute approximate surface area is 108 Å². The summed E-state index contributed by atoms with van der Waals surface area (Å²) in [6, 6.07) is 5.03. The lowest BCUT2D eigenvalue weighted by atomic mass is 10.2. The van der Waals surface area contributed by atoms with Crippen LogP contribution in [0.5, 0.6) is 0 Å². The van der Waals surface area contributed by atoms with Crippen LogP contribution in [0.25, 0.3) is 11.4 Å². The molecule has 0 radical (unpaired) electrons. The van der Waals surface area contributed by atoms with E-state index >= 15 is 0 Å². The molecular formula is C11H8Cl2N2O2. The largest absolute Gasteiger partial charge is 0.339 e. The third-order valence-corrected chi connectivity index (χ3v) is 2.79. The normalized spacial score (nSPS) is 10.5. The topological polar surface area (TPSA) is 56.0 Å². The summed E-state index contributed by atoms with van der Waals surface area (Å²) >= 11 is 11.7. The number of carbonyl (C=O) groups is 1. The Morgan fingerprint density at radius 1 is 1.35 bits per heavy atom. The molecule has 0 atom stereocenters. The number of aromatic nitrogens is 2. The van der Waals surface area contributed by atoms with Gasteiger partial charge in [0.25, 0.3) is 0 Å². The first-order valence-electron chi connectivity index (χ1n) is 4.83. The van der Waals surface area contributed by atoms with Crippen LogP contribution in [0.3, 0.4) is 0 Å². The molecule has 17 heavy (non-hydrogen) atoms. The first-order chi connectivity index (χ1) is 8.06. The highest BCUT2D eigenvalue weighted by Gasteiger charge is 2.11. The Morgan fingerprint density at radius 3 is 2.76 bits per heavy atom. The number of hydrogen-bond acceptors (Lipinski definition) is 4. The summed E-state index contributed by atoms with van der Waals surface area (Å²) in [4.78, 5) is 15.0. The molecule has 0 unspecified atom stereocenters. The van der Waals surface area contributed by atoms with Gasteiger partial charge in [-0.2, -0.15) is 4.98 Å². The van der Waals surface area contributed by atoms with Crippen molar-refractivity contribution in [1.29, 1.82) is 0 Å². The van der Waals surface area contributed by atoms with Crippen molar-refractivity contribution in [3.63, 3.8) is 0 Å². The maximum absolute atomic E-state index is 10.9. The van der Waals surface area contributed by atoms with Gasteiger partial charge in [-0.1, -0.05) is 28.4 Å². The summed E-state index contributed by atoms with van der Waals surface area (Å²) in [5.74, 6) is 0.646. The van der Waals surface area contributed by atoms with E-state index in [1.807, 2.05) is 0 Å². The highest BCUT2D eigenvalue weighted by atomic mass is 35.5. The monoisotopic (exact) mass is 270 g/mol. The first kappa shape index (κ1) is 12.1. The highest BCUT2D eigenvalue weighted by molar-refractivity contribution is 6.42. The summed E-state index contributed by atoms with van der Waals surface area (Å²) in [6.07, 6.45) is 0.133. The molecule has 0 aliphatic carbocycles. The first-order valence-corrected chi connectivity index (χ1v) is 5.59. The number of halogens is 2. The van der Waals surface area contributed by atoms with Crippen molar-refractivity contribution in [3.8, 4) is 11.4 Å². The van der Waals surface area contributed by atoms with Gasteiger partial charge in [0.05, 0.1) is 16.5 Å². The molecule has 1 aromatic heterocycles. The van der Waals surface area contributed by atoms with Gasteiger partial charge in [-0.15, -0.1) is 0 Å². The number of nitrogens with zero attached hydrogens (tertiary/aromatic N) is 2. The standard InChI is InChI=1S/C11H8Cl2N2O2/c1-6(16)4-10-14-11(15-17-10)7-2-3-8(12)9(13)5-7/h2-3,5H,4H2,1H3. The van der Waals surface area contributed by atoms with Crippen molar-refractivity contribution in [3.05, 3.63) is 34.1 Å². The smallest absolute Gasteiger partial charge is 0.234 e. The summed E-state index contributed by atoms with van der Waals surface area (Å²) in [5.41, 5.74) is 0.693. The summed E-state index contributed by atoms with van der Waals surface area (Å²) in [7, 11) is 0. The van der Waals surface area contributed by atoms with Gasteiger partial charge < -0.3 is 4.52 Å². The van der Waals surface area contributed by atoms with Crippen LogP contribution < -0.4 is 0 Å². The second kappa shape index (κ2) is 4.85. The molecule has 0 aliphatic heterocycles. The van der Waals surface area contributed by atoms with Gasteiger partial charge in [-0.25, -0.2) is 0 Å². The minimum atomic E-state index is -0.0330. The fourth-order valence-corrected chi connectivity index (χ4v) is 1.59. The molecule has 1 aromatic carbocycles. The van der Waals surface area contributed by atoms with Crippen molar-refractivity contribution in [2.75, 3.05) is 0 Å². The predicted octanol–water partition coefficient (Wildman–Crippen LogP) is 3.17. The zero-order valence-corrected chi connectivity index (χ0v) is 10.4. The molecule has 1 heterocycles. The van der Waals surface area contributed by atoms with Crippen LogP contribution in [-0.2, 0) is 11.2 Å². The molecule has 0 spiro atoms. The lowest BCUT2D eigenvalue weighted by Crippen LogP contribution is -1.96. The molecule has 0 aliphatic rings. The van der Waals surface area contributed by atoms with E-state index in [1.165, 1.54) is 6.92 Å². The number of rotatable bonds is 3. The fraction of sp³-hybridized carbons (Fsp3) is 0.182. The fourth-order valence-electron chi connectivity index (χ4n) is 1.29. The van der Waals surface area contributed by atoms with Gasteiger partial charge in [-0.3, -0.25) is 4.79 Å². The lowest BCUT2D eigenvalue weighted by Gasteiger charge is -1.97. The maximum Gasteiger partial charge on any atom is 0.234 e. The Kier molecular flexibility index (Phi) is 3.45. The van der Waals surface area contributed by atoms with Crippen molar-refractivity contribution < 1.29 is 9.32 Å². The van der Waals surface area contributed by atoms with Crippen molar-refractivity contribution in [2.24, 2.45) is 0 Å². The van der Waals surface area contributed by atoms with E-state index in [0.29, 0.717) is 27.3 Å². The van der Waals surface area contributed by atoms with E-state index in [9.17, 15) is 4.79 Å². The van der Waals surface area contributed by atoms with Gasteiger partial charge in [-0.05, 0) is 25.1 Å². The van der Waals surface area contributed by atoms with E-state index < -0.39 is 0 Å². The lowest BCUT2D eigenvalue weighted by molar-refractivity contribution is -0.116. The Bertz CT molecular complexity index is 566. The minimum Gasteiger partial charge on any atom is -0.339 e. The molecule has 0 amide bonds. The van der Waals surface area contributed by atoms with Crippen LogP contribution in [0.2, 0.25) is 10.0 Å². The maximum atomic E-state index is 10.9. The third kappa shape index (κ3) is 2.84. The quantitative estimate of drug-likeness (QED) is 0.860. The van der Waals surface area contributed by atoms with Gasteiger partial charge in [0, 0.05) is 5.56 Å². The van der Waals surface area contributed by atoms with Crippen LogP contribution in [0, 0.1) is 0 Å². The molecule has 0 saturated heterocycles. The molecule has 88 valence electrons. The van der Waals surface area contributed by atoms with Crippen LogP contribution in [0.1, 0.15) is 12.8 Å². The molecule has 4 nitrogen and oxygen atoms in total. The van der Waals surface area contributed by atoms with Crippen LogP contribution in [-0.4, -0.2) is 15.9 Å². The highest BCUT2D eigenvalue weighted by Crippen LogP contribution is 2.26. The second-order valence-corrected chi connectivity index (χ2v) is 4.33. The third-order valence-electron chi connectivity index (χ3n) is 2.05. The molecule has 6 heteroatoms. The van der Waals surface area contributed by atoms with Gasteiger partial charge in [0.15, 0.2) is 0 Å². The zero-order chi connectivity index (χ0) is 12.4. The van der Waals surface area contributed by atoms with E-state index in [4.69, 9.17) is 27.7 Å². The van der Waals surface area contributed by atoms with Crippen LogP contribution >= 0.6 is 23.2 Å². The molecule has 0 bridgehead atoms. The predicted molar refractivity (Wildman–Crippen MR) is 64.1 cm³/mol. The van der Waals surface area contributed by atoms with Crippen molar-refractivity contribution >= 4 is 29.0 Å². The minimum absolute atomic E-state index is 0.0330. The van der Waals surface area contributed by atoms with Crippen LogP contribution in [0.4, 0.5) is 0 Å². The van der Waals surface area contributed by atoms with E-state index in [-0.39, 0.29) is 12.2 Å². The van der Waals surface area contributed by atoms with Gasteiger partial charge >= 0.3 is 0 Å². The average molecular weight is 271 g/mol. The number of carbonyl (C=O) groups excluding carboxylic acids is 1. The molecule has 2 aromatic rings. The van der Waals surface area contributed by atoms with E-state index in [0.717, 1.165) is 0 Å². The number of benzene rings is 1. The molecule has 0 fully saturated rings. The van der Waals surface area contributed by atoms with E-state index in [2.05, 4.69) is 10.1 Å². The number of ketones is 1. The molecule has 0 N–H and O–H groups in total. The van der Waals surface area contributed by atoms with Crippen LogP contribution in [0.15, 0.2) is 22.7 Å². The Balaban J connectivity index is 2.30. The summed E-state index contributed by atoms with van der Waals surface area (Å²) in [5, 5.41) is 4.65.